The fourth-order valence-electron chi connectivity index (χ4n) is 2.80. The van der Waals surface area contributed by atoms with Crippen LogP contribution in [-0.2, 0) is 9.53 Å². The first-order chi connectivity index (χ1) is 9.70. The molecule has 1 aromatic carbocycles. The van der Waals surface area contributed by atoms with Gasteiger partial charge in [-0.15, -0.1) is 0 Å². The Kier molecular flexibility index (Phi) is 3.58. The predicted molar refractivity (Wildman–Crippen MR) is 69.8 cm³/mol. The van der Waals surface area contributed by atoms with Crippen molar-refractivity contribution in [1.29, 1.82) is 0 Å². The van der Waals surface area contributed by atoms with Crippen molar-refractivity contribution in [1.82, 2.24) is 10.2 Å². The van der Waals surface area contributed by atoms with E-state index in [0.717, 1.165) is 12.0 Å². The summed E-state index contributed by atoms with van der Waals surface area (Å²) in [5.41, 5.74) is 0.723. The van der Waals surface area contributed by atoms with Crippen LogP contribution in [0.15, 0.2) is 18.2 Å². The number of carbonyl (C=O) groups is 1. The van der Waals surface area contributed by atoms with Crippen LogP contribution in [0.4, 0.5) is 4.39 Å². The van der Waals surface area contributed by atoms with Crippen LogP contribution in [-0.4, -0.2) is 43.7 Å². The molecule has 0 radical (unpaired) electrons. The number of carbonyl (C=O) groups excluding carboxylic acids is 1. The molecule has 20 heavy (non-hydrogen) atoms. The van der Waals surface area contributed by atoms with E-state index < -0.39 is 5.82 Å². The highest BCUT2D eigenvalue weighted by Crippen LogP contribution is 2.30. The molecule has 1 aromatic rings. The minimum atomic E-state index is -0.422. The summed E-state index contributed by atoms with van der Waals surface area (Å²) in [6.45, 7) is 1.48. The Balaban J connectivity index is 1.87. The van der Waals surface area contributed by atoms with Crippen LogP contribution in [0.5, 0.6) is 5.75 Å². The molecule has 2 unspecified atom stereocenters. The first-order valence-corrected chi connectivity index (χ1v) is 6.66. The molecule has 0 spiro atoms. The minimum absolute atomic E-state index is 0.0294. The Morgan fingerprint density at radius 3 is 3.00 bits per heavy atom. The molecule has 6 heteroatoms. The van der Waals surface area contributed by atoms with Gasteiger partial charge >= 0.3 is 0 Å². The number of nitrogens with one attached hydrogen (secondary N) is 1. The maximum absolute atomic E-state index is 13.8. The summed E-state index contributed by atoms with van der Waals surface area (Å²) in [6.07, 6.45) is 0.525. The first kappa shape index (κ1) is 13.3. The van der Waals surface area contributed by atoms with Crippen LogP contribution < -0.4 is 10.1 Å². The number of hydrogen-bond donors (Lipinski definition) is 1. The molecule has 3 rings (SSSR count). The lowest BCUT2D eigenvalue weighted by Gasteiger charge is -2.29. The van der Waals surface area contributed by atoms with Crippen molar-refractivity contribution in [3.8, 4) is 5.75 Å². The largest absolute Gasteiger partial charge is 0.494 e. The summed E-state index contributed by atoms with van der Waals surface area (Å²) in [5.74, 6) is -0.190. The van der Waals surface area contributed by atoms with Crippen LogP contribution in [0.25, 0.3) is 0 Å². The molecule has 0 aromatic heterocycles. The molecule has 2 atom stereocenters. The Bertz CT molecular complexity index is 517. The van der Waals surface area contributed by atoms with Gasteiger partial charge in [0.05, 0.1) is 26.3 Å². The van der Waals surface area contributed by atoms with Crippen molar-refractivity contribution in [2.24, 2.45) is 0 Å². The van der Waals surface area contributed by atoms with Crippen LogP contribution in [0, 0.1) is 5.82 Å². The van der Waals surface area contributed by atoms with Crippen LogP contribution in [0.3, 0.4) is 0 Å². The van der Waals surface area contributed by atoms with Gasteiger partial charge in [-0.05, 0) is 24.1 Å². The molecule has 0 bridgehead atoms. The van der Waals surface area contributed by atoms with E-state index in [1.807, 2.05) is 0 Å². The monoisotopic (exact) mass is 280 g/mol. The van der Waals surface area contributed by atoms with Gasteiger partial charge in [-0.25, -0.2) is 4.39 Å². The van der Waals surface area contributed by atoms with E-state index in [1.165, 1.54) is 13.2 Å². The maximum atomic E-state index is 13.8. The van der Waals surface area contributed by atoms with Crippen LogP contribution >= 0.6 is 0 Å². The van der Waals surface area contributed by atoms with Gasteiger partial charge in [0.1, 0.15) is 6.17 Å². The average Bonchev–Trinajstić information content (AvgIpc) is 3.07. The van der Waals surface area contributed by atoms with Crippen molar-refractivity contribution in [2.45, 2.75) is 18.6 Å². The number of nitrogens with zero attached hydrogens (tertiary/aromatic N) is 1. The van der Waals surface area contributed by atoms with E-state index >= 15 is 0 Å². The number of rotatable bonds is 3. The van der Waals surface area contributed by atoms with Gasteiger partial charge in [0.2, 0.25) is 5.91 Å². The lowest BCUT2D eigenvalue weighted by Crippen LogP contribution is -2.40. The molecule has 2 fully saturated rings. The van der Waals surface area contributed by atoms with E-state index in [2.05, 4.69) is 5.32 Å². The van der Waals surface area contributed by atoms with Gasteiger partial charge in [-0.3, -0.25) is 10.1 Å². The van der Waals surface area contributed by atoms with Gasteiger partial charge in [0, 0.05) is 6.61 Å². The second-order valence-electron chi connectivity index (χ2n) is 5.00. The van der Waals surface area contributed by atoms with Gasteiger partial charge in [0.15, 0.2) is 11.6 Å². The van der Waals surface area contributed by atoms with Crippen molar-refractivity contribution >= 4 is 5.91 Å². The third-order valence-corrected chi connectivity index (χ3v) is 3.80. The fraction of sp³-hybridized carbons (Fsp3) is 0.500. The summed E-state index contributed by atoms with van der Waals surface area (Å²) < 4.78 is 24.1. The summed E-state index contributed by atoms with van der Waals surface area (Å²) in [6, 6.07) is 4.84. The standard InChI is InChI=1S/C14H17FN2O3/c1-19-12-3-2-9(6-11(12)15)14-16-7-13(18)17(14)10-4-5-20-8-10/h2-3,6,10,14,16H,4-5,7-8H2,1H3. The van der Waals surface area contributed by atoms with Gasteiger partial charge in [-0.2, -0.15) is 0 Å². The molecule has 108 valence electrons. The van der Waals surface area contributed by atoms with E-state index in [9.17, 15) is 9.18 Å². The smallest absolute Gasteiger partial charge is 0.238 e. The van der Waals surface area contributed by atoms with Crippen molar-refractivity contribution in [3.63, 3.8) is 0 Å². The van der Waals surface area contributed by atoms with Gasteiger partial charge < -0.3 is 14.4 Å². The SMILES string of the molecule is COc1ccc(C2NCC(=O)N2C2CCOC2)cc1F. The van der Waals surface area contributed by atoms with E-state index in [4.69, 9.17) is 9.47 Å². The highest BCUT2D eigenvalue weighted by molar-refractivity contribution is 5.81. The van der Waals surface area contributed by atoms with E-state index in [-0.39, 0.29) is 30.4 Å². The van der Waals surface area contributed by atoms with E-state index in [0.29, 0.717) is 13.2 Å². The topological polar surface area (TPSA) is 50.8 Å². The van der Waals surface area contributed by atoms with Crippen molar-refractivity contribution < 1.29 is 18.7 Å². The van der Waals surface area contributed by atoms with Crippen LogP contribution in [0.1, 0.15) is 18.2 Å². The molecule has 1 amide bonds. The molecule has 0 aliphatic carbocycles. The number of amides is 1. The highest BCUT2D eigenvalue weighted by atomic mass is 19.1. The normalized spacial score (nSPS) is 26.3. The maximum Gasteiger partial charge on any atom is 0.238 e. The third-order valence-electron chi connectivity index (χ3n) is 3.80. The first-order valence-electron chi connectivity index (χ1n) is 6.66. The number of benzene rings is 1. The quantitative estimate of drug-likeness (QED) is 0.899. The highest BCUT2D eigenvalue weighted by Gasteiger charge is 2.38. The molecule has 5 nitrogen and oxygen atoms in total. The Labute approximate surface area is 116 Å². The molecular weight excluding hydrogens is 263 g/mol. The second-order valence-corrected chi connectivity index (χ2v) is 5.00. The molecule has 2 aliphatic heterocycles. The molecule has 0 saturated carbocycles. The lowest BCUT2D eigenvalue weighted by atomic mass is 10.1. The summed E-state index contributed by atoms with van der Waals surface area (Å²) in [7, 11) is 1.43. The van der Waals surface area contributed by atoms with Crippen molar-refractivity contribution in [3.05, 3.63) is 29.6 Å². The van der Waals surface area contributed by atoms with Crippen molar-refractivity contribution in [2.75, 3.05) is 26.9 Å². The number of hydrogen-bond acceptors (Lipinski definition) is 4. The lowest BCUT2D eigenvalue weighted by molar-refractivity contribution is -0.130. The van der Waals surface area contributed by atoms with Gasteiger partial charge in [-0.1, -0.05) is 6.07 Å². The summed E-state index contributed by atoms with van der Waals surface area (Å²) >= 11 is 0. The summed E-state index contributed by atoms with van der Waals surface area (Å²) in [5, 5.41) is 3.13. The number of halogens is 1. The van der Waals surface area contributed by atoms with Crippen LogP contribution in [0.2, 0.25) is 0 Å². The van der Waals surface area contributed by atoms with Gasteiger partial charge in [0.25, 0.3) is 0 Å². The third kappa shape index (κ3) is 2.25. The Hall–Kier alpha value is -1.66. The average molecular weight is 280 g/mol. The Morgan fingerprint density at radius 2 is 2.35 bits per heavy atom. The Morgan fingerprint density at radius 1 is 1.50 bits per heavy atom. The summed E-state index contributed by atoms with van der Waals surface area (Å²) in [4.78, 5) is 13.8. The molecule has 2 heterocycles. The molecule has 2 saturated heterocycles. The fourth-order valence-corrected chi connectivity index (χ4v) is 2.80. The molecular formula is C14H17FN2O3. The second kappa shape index (κ2) is 5.38. The van der Waals surface area contributed by atoms with E-state index in [1.54, 1.807) is 17.0 Å². The minimum Gasteiger partial charge on any atom is -0.494 e. The number of ether oxygens (including phenoxy) is 2. The zero-order chi connectivity index (χ0) is 14.1. The number of methoxy groups -OCH3 is 1. The molecule has 2 aliphatic rings. The predicted octanol–water partition coefficient (Wildman–Crippen LogP) is 1.05. The zero-order valence-corrected chi connectivity index (χ0v) is 11.3. The molecule has 1 N–H and O–H groups in total. The zero-order valence-electron chi connectivity index (χ0n) is 11.3.